The fraction of sp³-hybridized carbons (Fsp3) is 0.909. The van der Waals surface area contributed by atoms with E-state index in [1.54, 1.807) is 0 Å². The molecule has 0 atom stereocenters. The molecule has 0 aromatic rings. The number of unbranched alkanes of at least 4 members (excludes halogenated alkanes) is 1. The van der Waals surface area contributed by atoms with Crippen LogP contribution in [0.1, 0.15) is 26.2 Å². The van der Waals surface area contributed by atoms with Gasteiger partial charge in [0.1, 0.15) is 0 Å². The zero-order chi connectivity index (χ0) is 12.1. The van der Waals surface area contributed by atoms with E-state index in [-0.39, 0.29) is 6.42 Å². The van der Waals surface area contributed by atoms with Crippen molar-refractivity contribution in [1.29, 1.82) is 0 Å². The van der Waals surface area contributed by atoms with Crippen LogP contribution in [-0.4, -0.2) is 50.7 Å². The number of aliphatic carboxylic acids is 1. The van der Waals surface area contributed by atoms with Crippen molar-refractivity contribution in [2.24, 2.45) is 0 Å². The maximum absolute atomic E-state index is 10.2. The van der Waals surface area contributed by atoms with Gasteiger partial charge in [-0.3, -0.25) is 4.79 Å². The highest BCUT2D eigenvalue weighted by Crippen LogP contribution is 1.95. The molecule has 0 saturated heterocycles. The lowest BCUT2D eigenvalue weighted by molar-refractivity contribution is -0.137. The van der Waals surface area contributed by atoms with Crippen LogP contribution in [0.25, 0.3) is 0 Å². The Morgan fingerprint density at radius 2 is 1.50 bits per heavy atom. The van der Waals surface area contributed by atoms with Gasteiger partial charge in [-0.1, -0.05) is 0 Å². The van der Waals surface area contributed by atoms with Gasteiger partial charge >= 0.3 is 5.97 Å². The Morgan fingerprint density at radius 3 is 2.06 bits per heavy atom. The highest BCUT2D eigenvalue weighted by atomic mass is 16.5. The first-order valence-electron chi connectivity index (χ1n) is 5.72. The molecule has 96 valence electrons. The molecule has 0 heterocycles. The molecular formula is C11H22O5. The van der Waals surface area contributed by atoms with E-state index >= 15 is 0 Å². The second kappa shape index (κ2) is 12.4. The van der Waals surface area contributed by atoms with Crippen molar-refractivity contribution in [2.75, 3.05) is 39.6 Å². The van der Waals surface area contributed by atoms with Gasteiger partial charge in [0.15, 0.2) is 0 Å². The topological polar surface area (TPSA) is 65.0 Å². The zero-order valence-electron chi connectivity index (χ0n) is 9.94. The summed E-state index contributed by atoms with van der Waals surface area (Å²) in [5.74, 6) is -0.751. The first kappa shape index (κ1) is 15.3. The standard InChI is InChI=1S/C11H22O5/c1-2-14-7-8-16-10-9-15-6-4-3-5-11(12)13/h2-10H2,1H3,(H,12,13). The van der Waals surface area contributed by atoms with Crippen LogP contribution in [0.5, 0.6) is 0 Å². The molecule has 0 radical (unpaired) electrons. The zero-order valence-corrected chi connectivity index (χ0v) is 9.94. The van der Waals surface area contributed by atoms with Crippen LogP contribution in [0.15, 0.2) is 0 Å². The molecule has 0 bridgehead atoms. The quantitative estimate of drug-likeness (QED) is 0.516. The largest absolute Gasteiger partial charge is 0.481 e. The number of carboxylic acid groups (broad SMARTS) is 1. The molecule has 0 saturated carbocycles. The molecule has 0 fully saturated rings. The molecular weight excluding hydrogens is 212 g/mol. The summed E-state index contributed by atoms with van der Waals surface area (Å²) in [5.41, 5.74) is 0. The van der Waals surface area contributed by atoms with Crippen LogP contribution in [-0.2, 0) is 19.0 Å². The maximum Gasteiger partial charge on any atom is 0.303 e. The minimum atomic E-state index is -0.751. The lowest BCUT2D eigenvalue weighted by Gasteiger charge is -2.05. The SMILES string of the molecule is CCOCCOCCOCCCCC(=O)O. The smallest absolute Gasteiger partial charge is 0.303 e. The third-order valence-electron chi connectivity index (χ3n) is 1.88. The van der Waals surface area contributed by atoms with Gasteiger partial charge in [0.25, 0.3) is 0 Å². The van der Waals surface area contributed by atoms with Gasteiger partial charge in [0.2, 0.25) is 0 Å². The Labute approximate surface area is 96.7 Å². The van der Waals surface area contributed by atoms with Crippen molar-refractivity contribution in [1.82, 2.24) is 0 Å². The van der Waals surface area contributed by atoms with Gasteiger partial charge in [0, 0.05) is 19.6 Å². The molecule has 0 aliphatic carbocycles. The molecule has 0 aliphatic heterocycles. The second-order valence-corrected chi connectivity index (χ2v) is 3.27. The minimum absolute atomic E-state index is 0.216. The van der Waals surface area contributed by atoms with E-state index < -0.39 is 5.97 Å². The first-order chi connectivity index (χ1) is 7.77. The summed E-state index contributed by atoms with van der Waals surface area (Å²) in [6.45, 7) is 5.59. The summed E-state index contributed by atoms with van der Waals surface area (Å²) in [6, 6.07) is 0. The average Bonchev–Trinajstić information content (AvgIpc) is 2.25. The summed E-state index contributed by atoms with van der Waals surface area (Å²) >= 11 is 0. The second-order valence-electron chi connectivity index (χ2n) is 3.27. The number of hydrogen-bond acceptors (Lipinski definition) is 4. The lowest BCUT2D eigenvalue weighted by atomic mass is 10.2. The van der Waals surface area contributed by atoms with Gasteiger partial charge in [-0.2, -0.15) is 0 Å². The van der Waals surface area contributed by atoms with Crippen molar-refractivity contribution in [2.45, 2.75) is 26.2 Å². The Kier molecular flexibility index (Phi) is 11.9. The predicted molar refractivity (Wildman–Crippen MR) is 59.6 cm³/mol. The van der Waals surface area contributed by atoms with E-state index in [0.29, 0.717) is 46.1 Å². The molecule has 0 amide bonds. The van der Waals surface area contributed by atoms with Crippen molar-refractivity contribution >= 4 is 5.97 Å². The first-order valence-corrected chi connectivity index (χ1v) is 5.72. The summed E-state index contributed by atoms with van der Waals surface area (Å²) in [5, 5.41) is 8.38. The fourth-order valence-corrected chi connectivity index (χ4v) is 1.06. The van der Waals surface area contributed by atoms with Crippen LogP contribution in [0.3, 0.4) is 0 Å². The van der Waals surface area contributed by atoms with E-state index in [9.17, 15) is 4.79 Å². The molecule has 5 heteroatoms. The molecule has 0 aromatic heterocycles. The normalized spacial score (nSPS) is 10.6. The minimum Gasteiger partial charge on any atom is -0.481 e. The Bertz CT molecular complexity index is 160. The number of carbonyl (C=O) groups is 1. The van der Waals surface area contributed by atoms with Crippen molar-refractivity contribution in [3.63, 3.8) is 0 Å². The maximum atomic E-state index is 10.2. The van der Waals surface area contributed by atoms with E-state index in [1.165, 1.54) is 0 Å². The van der Waals surface area contributed by atoms with E-state index in [4.69, 9.17) is 19.3 Å². The van der Waals surface area contributed by atoms with Crippen LogP contribution in [0, 0.1) is 0 Å². The number of ether oxygens (including phenoxy) is 3. The van der Waals surface area contributed by atoms with Crippen LogP contribution >= 0.6 is 0 Å². The molecule has 1 N–H and O–H groups in total. The summed E-state index contributed by atoms with van der Waals surface area (Å²) in [7, 11) is 0. The highest BCUT2D eigenvalue weighted by Gasteiger charge is 1.96. The highest BCUT2D eigenvalue weighted by molar-refractivity contribution is 5.66. The molecule has 0 unspecified atom stereocenters. The van der Waals surface area contributed by atoms with Crippen molar-refractivity contribution in [3.8, 4) is 0 Å². The molecule has 5 nitrogen and oxygen atoms in total. The van der Waals surface area contributed by atoms with Crippen LogP contribution < -0.4 is 0 Å². The van der Waals surface area contributed by atoms with Crippen molar-refractivity contribution < 1.29 is 24.1 Å². The Morgan fingerprint density at radius 1 is 0.938 bits per heavy atom. The van der Waals surface area contributed by atoms with Gasteiger partial charge in [-0.05, 0) is 19.8 Å². The predicted octanol–water partition coefficient (Wildman–Crippen LogP) is 1.31. The fourth-order valence-electron chi connectivity index (χ4n) is 1.06. The van der Waals surface area contributed by atoms with Gasteiger partial charge in [0.05, 0.1) is 26.4 Å². The third-order valence-corrected chi connectivity index (χ3v) is 1.88. The van der Waals surface area contributed by atoms with E-state index in [2.05, 4.69) is 0 Å². The Hall–Kier alpha value is -0.650. The Balaban J connectivity index is 2.90. The van der Waals surface area contributed by atoms with Crippen molar-refractivity contribution in [3.05, 3.63) is 0 Å². The molecule has 0 spiro atoms. The van der Waals surface area contributed by atoms with Gasteiger partial charge < -0.3 is 19.3 Å². The van der Waals surface area contributed by atoms with Crippen LogP contribution in [0.2, 0.25) is 0 Å². The van der Waals surface area contributed by atoms with E-state index in [1.807, 2.05) is 6.92 Å². The molecule has 0 aliphatic rings. The third kappa shape index (κ3) is 13.4. The molecule has 0 aromatic carbocycles. The average molecular weight is 234 g/mol. The summed E-state index contributed by atoms with van der Waals surface area (Å²) in [6.07, 6.45) is 1.67. The van der Waals surface area contributed by atoms with E-state index in [0.717, 1.165) is 6.42 Å². The van der Waals surface area contributed by atoms with Gasteiger partial charge in [-0.15, -0.1) is 0 Å². The molecule has 16 heavy (non-hydrogen) atoms. The number of rotatable bonds is 12. The summed E-state index contributed by atoms with van der Waals surface area (Å²) in [4.78, 5) is 10.2. The monoisotopic (exact) mass is 234 g/mol. The van der Waals surface area contributed by atoms with Crippen LogP contribution in [0.4, 0.5) is 0 Å². The lowest BCUT2D eigenvalue weighted by Crippen LogP contribution is -2.09. The number of hydrogen-bond donors (Lipinski definition) is 1. The number of carboxylic acids is 1. The molecule has 0 rings (SSSR count). The van der Waals surface area contributed by atoms with Gasteiger partial charge in [-0.25, -0.2) is 0 Å². The summed E-state index contributed by atoms with van der Waals surface area (Å²) < 4.78 is 15.6.